The number of rotatable bonds is 1. The Balaban J connectivity index is 2.38. The first-order valence-corrected chi connectivity index (χ1v) is 6.45. The molecular weight excluding hydrogens is 246 g/mol. The van der Waals surface area contributed by atoms with E-state index >= 15 is 0 Å². The molecule has 2 aromatic heterocycles. The van der Waals surface area contributed by atoms with E-state index in [1.54, 1.807) is 7.05 Å². The Labute approximate surface area is 109 Å². The maximum Gasteiger partial charge on any atom is 0.359 e. The molecule has 1 aliphatic heterocycles. The third-order valence-corrected chi connectivity index (χ3v) is 3.93. The average Bonchev–Trinajstić information content (AvgIpc) is 3.01. The molecule has 0 spiro atoms. The van der Waals surface area contributed by atoms with Crippen LogP contribution in [0.4, 0.5) is 5.95 Å². The Morgan fingerprint density at radius 2 is 1.74 bits per heavy atom. The zero-order chi connectivity index (χ0) is 13.7. The third-order valence-electron chi connectivity index (χ3n) is 3.93. The van der Waals surface area contributed by atoms with Gasteiger partial charge in [-0.3, -0.25) is 18.8 Å². The van der Waals surface area contributed by atoms with Crippen molar-refractivity contribution in [3.8, 4) is 0 Å². The van der Waals surface area contributed by atoms with Gasteiger partial charge in [0, 0.05) is 14.1 Å². The predicted molar refractivity (Wildman–Crippen MR) is 71.4 cm³/mol. The van der Waals surface area contributed by atoms with E-state index in [-0.39, 0.29) is 11.2 Å². The third kappa shape index (κ3) is 1.54. The molecular formula is C12H18N5O2+. The second-order valence-corrected chi connectivity index (χ2v) is 5.10. The Kier molecular flexibility index (Phi) is 2.51. The number of aryl methyl sites for hydroxylation is 2. The van der Waals surface area contributed by atoms with Gasteiger partial charge in [-0.25, -0.2) is 14.3 Å². The smallest absolute Gasteiger partial charge is 0.267 e. The molecule has 1 aliphatic rings. The standard InChI is InChI=1S/C12H17N5O2/c1-14-8-9(13-11(14)17-6-4-5-7-17)15(2)12(19)16(3)10(8)18/h4-7H2,1-3H3/p+1. The van der Waals surface area contributed by atoms with Gasteiger partial charge in [0.15, 0.2) is 0 Å². The number of imidazole rings is 1. The molecule has 0 aliphatic carbocycles. The lowest BCUT2D eigenvalue weighted by molar-refractivity contribution is -0.632. The maximum atomic E-state index is 12.2. The molecule has 1 saturated heterocycles. The van der Waals surface area contributed by atoms with Crippen molar-refractivity contribution in [1.29, 1.82) is 0 Å². The van der Waals surface area contributed by atoms with Gasteiger partial charge in [-0.05, 0) is 12.8 Å². The molecule has 3 rings (SSSR count). The highest BCUT2D eigenvalue weighted by molar-refractivity contribution is 5.67. The first-order valence-electron chi connectivity index (χ1n) is 6.45. The van der Waals surface area contributed by atoms with E-state index in [2.05, 4.69) is 9.88 Å². The van der Waals surface area contributed by atoms with Gasteiger partial charge in [0.25, 0.3) is 5.56 Å². The van der Waals surface area contributed by atoms with E-state index in [4.69, 9.17) is 0 Å². The van der Waals surface area contributed by atoms with Gasteiger partial charge < -0.3 is 0 Å². The monoisotopic (exact) mass is 264 g/mol. The SMILES string of the molecule is Cn1c(=O)c2c([nH]c(N3CCCC3)[n+]2C)n(C)c1=O. The van der Waals surface area contributed by atoms with E-state index < -0.39 is 0 Å². The Hall–Kier alpha value is -2.05. The lowest BCUT2D eigenvalue weighted by atomic mass is 10.4. The number of aromatic nitrogens is 4. The van der Waals surface area contributed by atoms with Gasteiger partial charge in [-0.15, -0.1) is 0 Å². The van der Waals surface area contributed by atoms with Gasteiger partial charge in [-0.1, -0.05) is 0 Å². The van der Waals surface area contributed by atoms with E-state index in [0.717, 1.165) is 36.4 Å². The van der Waals surface area contributed by atoms with Crippen molar-refractivity contribution in [2.45, 2.75) is 12.8 Å². The molecule has 7 nitrogen and oxygen atoms in total. The summed E-state index contributed by atoms with van der Waals surface area (Å²) in [6.45, 7) is 1.96. The molecule has 0 unspecified atom stereocenters. The summed E-state index contributed by atoms with van der Waals surface area (Å²) in [6.07, 6.45) is 2.32. The molecule has 0 atom stereocenters. The van der Waals surface area contributed by atoms with Crippen LogP contribution >= 0.6 is 0 Å². The summed E-state index contributed by atoms with van der Waals surface area (Å²) in [6, 6.07) is 0. The van der Waals surface area contributed by atoms with Crippen LogP contribution in [0.2, 0.25) is 0 Å². The molecule has 1 fully saturated rings. The van der Waals surface area contributed by atoms with Crippen LogP contribution in [0.3, 0.4) is 0 Å². The lowest BCUT2D eigenvalue weighted by Crippen LogP contribution is -2.43. The molecule has 0 radical (unpaired) electrons. The molecule has 0 saturated carbocycles. The molecule has 1 N–H and O–H groups in total. The van der Waals surface area contributed by atoms with E-state index in [9.17, 15) is 9.59 Å². The van der Waals surface area contributed by atoms with Gasteiger partial charge in [-0.2, -0.15) is 0 Å². The number of hydrogen-bond donors (Lipinski definition) is 1. The minimum atomic E-state index is -0.313. The van der Waals surface area contributed by atoms with Crippen molar-refractivity contribution in [2.24, 2.45) is 21.1 Å². The Morgan fingerprint density at radius 1 is 1.11 bits per heavy atom. The van der Waals surface area contributed by atoms with Gasteiger partial charge in [0.2, 0.25) is 11.2 Å². The molecule has 2 aromatic rings. The van der Waals surface area contributed by atoms with Crippen molar-refractivity contribution < 1.29 is 4.57 Å². The molecule has 7 heteroatoms. The highest BCUT2D eigenvalue weighted by atomic mass is 16.2. The van der Waals surface area contributed by atoms with Crippen LogP contribution in [0, 0.1) is 0 Å². The average molecular weight is 264 g/mol. The first-order chi connectivity index (χ1) is 9.02. The van der Waals surface area contributed by atoms with Crippen molar-refractivity contribution in [3.05, 3.63) is 20.8 Å². The Bertz CT molecular complexity index is 761. The zero-order valence-corrected chi connectivity index (χ0v) is 11.4. The predicted octanol–water partition coefficient (Wildman–Crippen LogP) is -1.01. The van der Waals surface area contributed by atoms with Crippen LogP contribution in [0.25, 0.3) is 11.2 Å². The second kappa shape index (κ2) is 3.97. The first kappa shape index (κ1) is 12.0. The summed E-state index contributed by atoms with van der Waals surface area (Å²) in [7, 11) is 5.04. The number of H-pyrrole nitrogens is 1. The van der Waals surface area contributed by atoms with Gasteiger partial charge in [0.05, 0.1) is 20.1 Å². The highest BCUT2D eigenvalue weighted by Crippen LogP contribution is 2.16. The summed E-state index contributed by atoms with van der Waals surface area (Å²) in [4.78, 5) is 29.6. The fourth-order valence-electron chi connectivity index (χ4n) is 2.79. The number of anilines is 1. The van der Waals surface area contributed by atoms with Gasteiger partial charge in [0.1, 0.15) is 0 Å². The lowest BCUT2D eigenvalue weighted by Gasteiger charge is -2.07. The minimum absolute atomic E-state index is 0.262. The fourth-order valence-corrected chi connectivity index (χ4v) is 2.79. The largest absolute Gasteiger partial charge is 0.359 e. The number of nitrogens with zero attached hydrogens (tertiary/aromatic N) is 4. The van der Waals surface area contributed by atoms with Crippen LogP contribution in [-0.2, 0) is 21.1 Å². The quantitative estimate of drug-likeness (QED) is 0.671. The number of fused-ring (bicyclic) bond motifs is 1. The Morgan fingerprint density at radius 3 is 2.37 bits per heavy atom. The topological polar surface area (TPSA) is 66.9 Å². The van der Waals surface area contributed by atoms with Crippen molar-refractivity contribution >= 4 is 17.1 Å². The van der Waals surface area contributed by atoms with Crippen LogP contribution in [0.5, 0.6) is 0 Å². The summed E-state index contributed by atoms with van der Waals surface area (Å²) in [5.74, 6) is 0.894. The van der Waals surface area contributed by atoms with Crippen molar-refractivity contribution in [1.82, 2.24) is 14.1 Å². The summed E-state index contributed by atoms with van der Waals surface area (Å²) in [5, 5.41) is 0. The maximum absolute atomic E-state index is 12.2. The van der Waals surface area contributed by atoms with Crippen LogP contribution in [0.15, 0.2) is 9.59 Å². The summed E-state index contributed by atoms with van der Waals surface area (Å²) >= 11 is 0. The van der Waals surface area contributed by atoms with E-state index in [1.165, 1.54) is 11.6 Å². The molecule has 0 amide bonds. The van der Waals surface area contributed by atoms with Gasteiger partial charge >= 0.3 is 11.6 Å². The fraction of sp³-hybridized carbons (Fsp3) is 0.583. The molecule has 0 bridgehead atoms. The molecule has 19 heavy (non-hydrogen) atoms. The van der Waals surface area contributed by atoms with Crippen LogP contribution < -0.4 is 20.7 Å². The number of nitrogens with one attached hydrogen (secondary N) is 1. The van der Waals surface area contributed by atoms with Crippen LogP contribution in [-0.4, -0.2) is 27.2 Å². The van der Waals surface area contributed by atoms with Crippen molar-refractivity contribution in [3.63, 3.8) is 0 Å². The van der Waals surface area contributed by atoms with Crippen molar-refractivity contribution in [2.75, 3.05) is 18.0 Å². The number of aromatic amines is 1. The second-order valence-electron chi connectivity index (χ2n) is 5.10. The molecule has 0 aromatic carbocycles. The molecule has 102 valence electrons. The normalized spacial score (nSPS) is 15.6. The zero-order valence-electron chi connectivity index (χ0n) is 11.4. The summed E-state index contributed by atoms with van der Waals surface area (Å²) in [5.41, 5.74) is 0.540. The molecule has 3 heterocycles. The number of hydrogen-bond acceptors (Lipinski definition) is 3. The summed E-state index contributed by atoms with van der Waals surface area (Å²) < 4.78 is 4.47. The highest BCUT2D eigenvalue weighted by Gasteiger charge is 2.28. The van der Waals surface area contributed by atoms with E-state index in [0.29, 0.717) is 11.2 Å². The van der Waals surface area contributed by atoms with Crippen LogP contribution in [0.1, 0.15) is 12.8 Å². The minimum Gasteiger partial charge on any atom is -0.267 e. The van der Waals surface area contributed by atoms with E-state index in [1.807, 2.05) is 11.6 Å².